The maximum Gasteiger partial charge on any atom is 0.307 e. The lowest BCUT2D eigenvalue weighted by Gasteiger charge is -2.14. The summed E-state index contributed by atoms with van der Waals surface area (Å²) in [6.45, 7) is 0.0208. The van der Waals surface area contributed by atoms with Crippen LogP contribution in [0.1, 0.15) is 12.1 Å². The average Bonchev–Trinajstić information content (AvgIpc) is 2.62. The van der Waals surface area contributed by atoms with Crippen molar-refractivity contribution >= 4 is 16.1 Å². The molecule has 1 unspecified atom stereocenters. The number of hydrogen-bond donors (Lipinski definition) is 0. The monoisotopic (exact) mass is 259 g/mol. The molecule has 0 aromatic carbocycles. The molecule has 0 radical (unpaired) electrons. The van der Waals surface area contributed by atoms with Gasteiger partial charge in [0.15, 0.2) is 0 Å². The summed E-state index contributed by atoms with van der Waals surface area (Å²) >= 11 is 0. The summed E-state index contributed by atoms with van der Waals surface area (Å²) < 4.78 is 34.2. The second-order valence-electron chi connectivity index (χ2n) is 3.77. The number of hydrogen-bond acceptors (Lipinski definition) is 5. The molecule has 1 saturated heterocycles. The molecular weight excluding hydrogens is 249 g/mol. The van der Waals surface area contributed by atoms with Gasteiger partial charge in [0, 0.05) is 25.4 Å². The highest BCUT2D eigenvalue weighted by Gasteiger charge is 2.38. The van der Waals surface area contributed by atoms with Gasteiger partial charge in [0.25, 0.3) is 0 Å². The van der Waals surface area contributed by atoms with Gasteiger partial charge in [-0.15, -0.1) is 3.89 Å². The Morgan fingerprint density at radius 1 is 1.47 bits per heavy atom. The maximum absolute atomic E-state index is 12.7. The van der Waals surface area contributed by atoms with Crippen LogP contribution in [0.25, 0.3) is 0 Å². The fraction of sp³-hybridized carbons (Fsp3) is 0.444. The van der Waals surface area contributed by atoms with Gasteiger partial charge in [0.2, 0.25) is 5.91 Å². The second kappa shape index (κ2) is 4.36. The van der Waals surface area contributed by atoms with E-state index in [1.165, 1.54) is 23.5 Å². The minimum Gasteiger partial charge on any atom is -0.335 e. The molecule has 1 aliphatic rings. The van der Waals surface area contributed by atoms with E-state index in [0.29, 0.717) is 5.69 Å². The first kappa shape index (κ1) is 11.9. The van der Waals surface area contributed by atoms with Crippen LogP contribution >= 0.6 is 0 Å². The van der Waals surface area contributed by atoms with Gasteiger partial charge in [-0.2, -0.15) is 8.42 Å². The van der Waals surface area contributed by atoms with E-state index in [0.717, 1.165) is 0 Å². The molecule has 6 nitrogen and oxygen atoms in total. The SMILES string of the molecule is O=C1CC(S(=O)(=O)F)CN1Cc1cnccn1. The molecular formula is C9H10FN3O3S. The van der Waals surface area contributed by atoms with Gasteiger partial charge in [-0.1, -0.05) is 0 Å². The Kier molecular flexibility index (Phi) is 3.05. The van der Waals surface area contributed by atoms with E-state index in [2.05, 4.69) is 9.97 Å². The van der Waals surface area contributed by atoms with Crippen LogP contribution < -0.4 is 0 Å². The Labute approximate surface area is 97.7 Å². The zero-order valence-electron chi connectivity index (χ0n) is 8.78. The summed E-state index contributed by atoms with van der Waals surface area (Å²) in [6, 6.07) is 0. The van der Waals surface area contributed by atoms with Crippen LogP contribution in [0.5, 0.6) is 0 Å². The highest BCUT2D eigenvalue weighted by Crippen LogP contribution is 2.20. The number of carbonyl (C=O) groups is 1. The quantitative estimate of drug-likeness (QED) is 0.707. The average molecular weight is 259 g/mol. The number of amides is 1. The van der Waals surface area contributed by atoms with Gasteiger partial charge in [0.1, 0.15) is 5.25 Å². The Hall–Kier alpha value is -1.57. The molecule has 1 aliphatic heterocycles. The van der Waals surface area contributed by atoms with Crippen LogP contribution in [-0.2, 0) is 21.6 Å². The lowest BCUT2D eigenvalue weighted by Crippen LogP contribution is -2.27. The zero-order chi connectivity index (χ0) is 12.5. The maximum atomic E-state index is 12.7. The van der Waals surface area contributed by atoms with Crippen LogP contribution in [0.3, 0.4) is 0 Å². The van der Waals surface area contributed by atoms with E-state index in [1.54, 1.807) is 0 Å². The molecule has 2 rings (SSSR count). The molecule has 0 bridgehead atoms. The first-order valence-corrected chi connectivity index (χ1v) is 6.37. The van der Waals surface area contributed by atoms with Crippen LogP contribution in [0.15, 0.2) is 18.6 Å². The molecule has 17 heavy (non-hydrogen) atoms. The molecule has 1 aromatic rings. The Bertz CT molecular complexity index is 520. The first-order chi connectivity index (χ1) is 7.97. The molecule has 1 amide bonds. The number of carbonyl (C=O) groups excluding carboxylic acids is 1. The Morgan fingerprint density at radius 3 is 2.76 bits per heavy atom. The van der Waals surface area contributed by atoms with Crippen molar-refractivity contribution in [2.45, 2.75) is 18.2 Å². The third-order valence-corrected chi connectivity index (χ3v) is 3.66. The molecule has 2 heterocycles. The van der Waals surface area contributed by atoms with Gasteiger partial charge >= 0.3 is 10.2 Å². The molecule has 92 valence electrons. The Balaban J connectivity index is 2.07. The van der Waals surface area contributed by atoms with Crippen molar-refractivity contribution < 1.29 is 17.1 Å². The second-order valence-corrected chi connectivity index (χ2v) is 5.39. The van der Waals surface area contributed by atoms with E-state index in [9.17, 15) is 17.1 Å². The normalized spacial score (nSPS) is 20.9. The highest BCUT2D eigenvalue weighted by molar-refractivity contribution is 7.87. The summed E-state index contributed by atoms with van der Waals surface area (Å²) in [5.41, 5.74) is 0.540. The van der Waals surface area contributed by atoms with Crippen LogP contribution in [0.4, 0.5) is 3.89 Å². The summed E-state index contributed by atoms with van der Waals surface area (Å²) in [7, 11) is -4.66. The molecule has 1 aromatic heterocycles. The molecule has 0 N–H and O–H groups in total. The standard InChI is InChI=1S/C9H10FN3O3S/c10-17(15,16)8-3-9(14)13(6-8)5-7-4-11-1-2-12-7/h1-2,4,8H,3,5-6H2. The predicted octanol–water partition coefficient (Wildman–Crippen LogP) is -0.123. The number of nitrogens with zero attached hydrogens (tertiary/aromatic N) is 3. The third-order valence-electron chi connectivity index (χ3n) is 2.55. The molecule has 8 heteroatoms. The van der Waals surface area contributed by atoms with E-state index in [4.69, 9.17) is 0 Å². The predicted molar refractivity (Wildman–Crippen MR) is 55.9 cm³/mol. The fourth-order valence-corrected chi connectivity index (χ4v) is 2.38. The summed E-state index contributed by atoms with van der Waals surface area (Å²) in [6.07, 6.45) is 4.13. The minimum absolute atomic E-state index is 0.131. The van der Waals surface area contributed by atoms with Crippen molar-refractivity contribution in [3.8, 4) is 0 Å². The van der Waals surface area contributed by atoms with Crippen molar-refractivity contribution in [3.05, 3.63) is 24.3 Å². The number of halogens is 1. The van der Waals surface area contributed by atoms with Gasteiger partial charge in [-0.05, 0) is 0 Å². The number of rotatable bonds is 3. The van der Waals surface area contributed by atoms with Crippen molar-refractivity contribution in [3.63, 3.8) is 0 Å². The summed E-state index contributed by atoms with van der Waals surface area (Å²) in [5.74, 6) is -0.387. The number of aromatic nitrogens is 2. The molecule has 1 fully saturated rings. The fourth-order valence-electron chi connectivity index (χ4n) is 1.68. The molecule has 0 spiro atoms. The number of likely N-dealkylation sites (tertiary alicyclic amines) is 1. The first-order valence-electron chi connectivity index (χ1n) is 4.93. The van der Waals surface area contributed by atoms with E-state index in [1.807, 2.05) is 0 Å². The lowest BCUT2D eigenvalue weighted by atomic mass is 10.4. The molecule has 1 atom stereocenters. The van der Waals surface area contributed by atoms with Gasteiger partial charge in [0.05, 0.1) is 18.4 Å². The van der Waals surface area contributed by atoms with Crippen LogP contribution in [-0.4, -0.2) is 41.0 Å². The van der Waals surface area contributed by atoms with Crippen molar-refractivity contribution in [2.75, 3.05) is 6.54 Å². The summed E-state index contributed by atoms with van der Waals surface area (Å²) in [5, 5.41) is -1.26. The van der Waals surface area contributed by atoms with E-state index < -0.39 is 15.5 Å². The molecule has 0 saturated carbocycles. The van der Waals surface area contributed by atoms with E-state index >= 15 is 0 Å². The lowest BCUT2D eigenvalue weighted by molar-refractivity contribution is -0.128. The van der Waals surface area contributed by atoms with Gasteiger partial charge in [-0.3, -0.25) is 14.8 Å². The molecule has 0 aliphatic carbocycles. The smallest absolute Gasteiger partial charge is 0.307 e. The van der Waals surface area contributed by atoms with Gasteiger partial charge < -0.3 is 4.90 Å². The minimum atomic E-state index is -4.66. The summed E-state index contributed by atoms with van der Waals surface area (Å²) in [4.78, 5) is 20.5. The van der Waals surface area contributed by atoms with Crippen molar-refractivity contribution in [1.82, 2.24) is 14.9 Å². The highest BCUT2D eigenvalue weighted by atomic mass is 32.3. The van der Waals surface area contributed by atoms with Crippen LogP contribution in [0.2, 0.25) is 0 Å². The van der Waals surface area contributed by atoms with Crippen molar-refractivity contribution in [1.29, 1.82) is 0 Å². The third kappa shape index (κ3) is 2.76. The van der Waals surface area contributed by atoms with E-state index in [-0.39, 0.29) is 25.4 Å². The van der Waals surface area contributed by atoms with Crippen LogP contribution in [0, 0.1) is 0 Å². The zero-order valence-corrected chi connectivity index (χ0v) is 9.60. The Morgan fingerprint density at radius 2 is 2.24 bits per heavy atom. The largest absolute Gasteiger partial charge is 0.335 e. The van der Waals surface area contributed by atoms with Gasteiger partial charge in [-0.25, -0.2) is 0 Å². The van der Waals surface area contributed by atoms with Crippen molar-refractivity contribution in [2.24, 2.45) is 0 Å². The topological polar surface area (TPSA) is 80.2 Å².